The molecule has 1 unspecified atom stereocenters. The number of rotatable bonds is 4. The summed E-state index contributed by atoms with van der Waals surface area (Å²) >= 11 is 1.98. The molecular weight excluding hydrogens is 261 g/mol. The van der Waals surface area contributed by atoms with Gasteiger partial charge in [-0.05, 0) is 18.5 Å². The second-order valence-corrected chi connectivity index (χ2v) is 5.99. The van der Waals surface area contributed by atoms with E-state index in [-0.39, 0.29) is 0 Å². The van der Waals surface area contributed by atoms with Gasteiger partial charge in [0.05, 0.1) is 7.11 Å². The van der Waals surface area contributed by atoms with Crippen LogP contribution in [0.25, 0.3) is 0 Å². The lowest BCUT2D eigenvalue weighted by Crippen LogP contribution is -2.40. The number of benzene rings is 1. The van der Waals surface area contributed by atoms with Crippen LogP contribution < -0.4 is 10.2 Å². The second kappa shape index (κ2) is 6.66. The topological polar surface area (TPSA) is 52.9 Å². The third-order valence-electron chi connectivity index (χ3n) is 3.48. The van der Waals surface area contributed by atoms with Crippen molar-refractivity contribution in [3.05, 3.63) is 23.8 Å². The fourth-order valence-corrected chi connectivity index (χ4v) is 3.38. The first-order valence-corrected chi connectivity index (χ1v) is 7.62. The monoisotopic (exact) mass is 281 g/mol. The lowest BCUT2D eigenvalue weighted by atomic mass is 9.79. The molecule has 1 aromatic rings. The largest absolute Gasteiger partial charge is 0.496 e. The molecule has 1 atom stereocenters. The third kappa shape index (κ3) is 3.66. The Morgan fingerprint density at radius 1 is 1.47 bits per heavy atom. The van der Waals surface area contributed by atoms with Gasteiger partial charge in [0.25, 0.3) is 0 Å². The first-order chi connectivity index (χ1) is 9.11. The molecule has 1 aliphatic heterocycles. The van der Waals surface area contributed by atoms with Crippen molar-refractivity contribution in [1.82, 2.24) is 4.90 Å². The quantitative estimate of drug-likeness (QED) is 0.778. The van der Waals surface area contributed by atoms with Crippen LogP contribution in [0.2, 0.25) is 0 Å². The van der Waals surface area contributed by atoms with Gasteiger partial charge >= 0.3 is 7.12 Å². The number of hydrogen-bond donors (Lipinski definition) is 2. The van der Waals surface area contributed by atoms with Gasteiger partial charge in [0.1, 0.15) is 5.75 Å². The molecule has 19 heavy (non-hydrogen) atoms. The Bertz CT molecular complexity index is 430. The van der Waals surface area contributed by atoms with Crippen LogP contribution in [0.15, 0.2) is 18.2 Å². The molecular formula is C13H20BNO3S. The van der Waals surface area contributed by atoms with Crippen LogP contribution in [0.1, 0.15) is 12.5 Å². The van der Waals surface area contributed by atoms with Gasteiger partial charge in [0.2, 0.25) is 0 Å². The summed E-state index contributed by atoms with van der Waals surface area (Å²) in [7, 11) is 0.211. The molecule has 0 spiro atoms. The van der Waals surface area contributed by atoms with Crippen molar-refractivity contribution < 1.29 is 14.8 Å². The van der Waals surface area contributed by atoms with Crippen LogP contribution in [-0.4, -0.2) is 53.3 Å². The summed E-state index contributed by atoms with van der Waals surface area (Å²) in [5.41, 5.74) is 1.52. The summed E-state index contributed by atoms with van der Waals surface area (Å²) in [6.07, 6.45) is 0. The normalized spacial score (nSPS) is 20.3. The van der Waals surface area contributed by atoms with Gasteiger partial charge in [-0.1, -0.05) is 12.1 Å². The molecule has 2 N–H and O–H groups in total. The molecule has 1 aliphatic rings. The van der Waals surface area contributed by atoms with E-state index in [0.29, 0.717) is 11.5 Å². The molecule has 0 saturated carbocycles. The molecule has 1 heterocycles. The number of methoxy groups -OCH3 is 1. The minimum atomic E-state index is -1.43. The van der Waals surface area contributed by atoms with E-state index in [1.165, 1.54) is 0 Å². The molecule has 0 aromatic heterocycles. The fraction of sp³-hybridized carbons (Fsp3) is 0.538. The molecule has 0 aliphatic carbocycles. The maximum Gasteiger partial charge on any atom is 0.488 e. The smallest absolute Gasteiger partial charge is 0.488 e. The van der Waals surface area contributed by atoms with Gasteiger partial charge < -0.3 is 14.8 Å². The first kappa shape index (κ1) is 14.7. The van der Waals surface area contributed by atoms with E-state index in [1.807, 2.05) is 17.8 Å². The number of hydrogen-bond acceptors (Lipinski definition) is 5. The van der Waals surface area contributed by atoms with Crippen molar-refractivity contribution >= 4 is 24.3 Å². The van der Waals surface area contributed by atoms with Crippen molar-refractivity contribution in [1.29, 1.82) is 0 Å². The predicted octanol–water partition coefficient (Wildman–Crippen LogP) is 0.312. The molecule has 1 fully saturated rings. The Kier molecular flexibility index (Phi) is 5.16. The van der Waals surface area contributed by atoms with Crippen LogP contribution in [0.3, 0.4) is 0 Å². The lowest BCUT2D eigenvalue weighted by molar-refractivity contribution is 0.221. The van der Waals surface area contributed by atoms with E-state index >= 15 is 0 Å². The maximum absolute atomic E-state index is 9.27. The van der Waals surface area contributed by atoms with Gasteiger partial charge in [-0.25, -0.2) is 0 Å². The minimum absolute atomic E-state index is 0.509. The average Bonchev–Trinajstić information content (AvgIpc) is 2.41. The third-order valence-corrected chi connectivity index (χ3v) is 4.67. The molecule has 2 rings (SSSR count). The van der Waals surface area contributed by atoms with Crippen molar-refractivity contribution in [3.8, 4) is 5.75 Å². The number of thioether (sulfide) groups is 1. The van der Waals surface area contributed by atoms with Crippen LogP contribution in [-0.2, 0) is 6.54 Å². The molecule has 4 nitrogen and oxygen atoms in total. The standard InChI is InChI=1S/C13H20BNO3S/c1-10-9-19-6-5-15(10)8-11-7-12(14(16)17)3-4-13(11)18-2/h3-4,7,10,16-17H,5-6,8-9H2,1-2H3. The van der Waals surface area contributed by atoms with E-state index < -0.39 is 7.12 Å². The highest BCUT2D eigenvalue weighted by molar-refractivity contribution is 7.99. The van der Waals surface area contributed by atoms with E-state index in [9.17, 15) is 10.0 Å². The molecule has 0 radical (unpaired) electrons. The van der Waals surface area contributed by atoms with Gasteiger partial charge in [-0.2, -0.15) is 11.8 Å². The van der Waals surface area contributed by atoms with E-state index in [1.54, 1.807) is 19.2 Å². The van der Waals surface area contributed by atoms with Crippen molar-refractivity contribution in [2.75, 3.05) is 25.2 Å². The zero-order valence-electron chi connectivity index (χ0n) is 11.4. The summed E-state index contributed by atoms with van der Waals surface area (Å²) in [6.45, 7) is 4.07. The zero-order chi connectivity index (χ0) is 13.8. The van der Waals surface area contributed by atoms with Crippen LogP contribution >= 0.6 is 11.8 Å². The van der Waals surface area contributed by atoms with E-state index in [4.69, 9.17) is 4.74 Å². The van der Waals surface area contributed by atoms with Gasteiger partial charge in [0.15, 0.2) is 0 Å². The molecule has 1 aromatic carbocycles. The Balaban J connectivity index is 2.19. The van der Waals surface area contributed by atoms with Gasteiger partial charge in [-0.3, -0.25) is 4.90 Å². The SMILES string of the molecule is COc1ccc(B(O)O)cc1CN1CCSCC1C. The van der Waals surface area contributed by atoms with Crippen molar-refractivity contribution in [2.24, 2.45) is 0 Å². The fourth-order valence-electron chi connectivity index (χ4n) is 2.30. The second-order valence-electron chi connectivity index (χ2n) is 4.84. The summed E-state index contributed by atoms with van der Waals surface area (Å²) in [5, 5.41) is 18.5. The highest BCUT2D eigenvalue weighted by atomic mass is 32.2. The summed E-state index contributed by atoms with van der Waals surface area (Å²) in [6, 6.07) is 5.83. The van der Waals surface area contributed by atoms with E-state index in [2.05, 4.69) is 11.8 Å². The molecule has 0 amide bonds. The number of nitrogens with zero attached hydrogens (tertiary/aromatic N) is 1. The van der Waals surface area contributed by atoms with Crippen molar-refractivity contribution in [3.63, 3.8) is 0 Å². The summed E-state index contributed by atoms with van der Waals surface area (Å²) in [5.74, 6) is 3.09. The first-order valence-electron chi connectivity index (χ1n) is 6.46. The Morgan fingerprint density at radius 3 is 2.89 bits per heavy atom. The zero-order valence-corrected chi connectivity index (χ0v) is 12.2. The maximum atomic E-state index is 9.27. The predicted molar refractivity (Wildman–Crippen MR) is 80.0 cm³/mol. The van der Waals surface area contributed by atoms with Crippen LogP contribution in [0.4, 0.5) is 0 Å². The molecule has 1 saturated heterocycles. The Labute approximate surface area is 118 Å². The Morgan fingerprint density at radius 2 is 2.26 bits per heavy atom. The Hall–Kier alpha value is -0.685. The molecule has 0 bridgehead atoms. The van der Waals surface area contributed by atoms with E-state index in [0.717, 1.165) is 35.9 Å². The van der Waals surface area contributed by atoms with Gasteiger partial charge in [0, 0.05) is 36.2 Å². The minimum Gasteiger partial charge on any atom is -0.496 e. The highest BCUT2D eigenvalue weighted by Gasteiger charge is 2.21. The average molecular weight is 281 g/mol. The van der Waals surface area contributed by atoms with Crippen molar-refractivity contribution in [2.45, 2.75) is 19.5 Å². The summed E-state index contributed by atoms with van der Waals surface area (Å²) in [4.78, 5) is 2.40. The summed E-state index contributed by atoms with van der Waals surface area (Å²) < 4.78 is 5.36. The molecule has 104 valence electrons. The van der Waals surface area contributed by atoms with Gasteiger partial charge in [-0.15, -0.1) is 0 Å². The van der Waals surface area contributed by atoms with Crippen LogP contribution in [0.5, 0.6) is 5.75 Å². The number of ether oxygens (including phenoxy) is 1. The van der Waals surface area contributed by atoms with Crippen LogP contribution in [0, 0.1) is 0 Å². The highest BCUT2D eigenvalue weighted by Crippen LogP contribution is 2.23. The molecule has 6 heteroatoms. The lowest BCUT2D eigenvalue weighted by Gasteiger charge is -2.33.